The molecule has 2 unspecified atom stereocenters. The first kappa shape index (κ1) is 16.8. The second kappa shape index (κ2) is 7.50. The average Bonchev–Trinajstić information content (AvgIpc) is 2.65. The Labute approximate surface area is 121 Å². The van der Waals surface area contributed by atoms with Crippen molar-refractivity contribution in [2.45, 2.75) is 71.4 Å². The summed E-state index contributed by atoms with van der Waals surface area (Å²) in [5.74, 6) is 0.321. The summed E-state index contributed by atoms with van der Waals surface area (Å²) in [5.41, 5.74) is -0.475. The first-order chi connectivity index (χ1) is 9.31. The fourth-order valence-corrected chi connectivity index (χ4v) is 2.38. The van der Waals surface area contributed by atoms with Crippen LogP contribution >= 0.6 is 0 Å². The number of rotatable bonds is 6. The Hall–Kier alpha value is -1.26. The normalized spacial score (nSPS) is 22.5. The number of amides is 2. The van der Waals surface area contributed by atoms with Crippen molar-refractivity contribution in [3.63, 3.8) is 0 Å². The molecule has 0 aliphatic carbocycles. The Kier molecular flexibility index (Phi) is 6.30. The molecule has 1 heterocycles. The summed E-state index contributed by atoms with van der Waals surface area (Å²) in [6.07, 6.45) is 4.43. The lowest BCUT2D eigenvalue weighted by Crippen LogP contribution is -2.35. The molecule has 1 aliphatic heterocycles. The molecule has 0 saturated carbocycles. The van der Waals surface area contributed by atoms with Crippen molar-refractivity contribution in [1.29, 1.82) is 0 Å². The fraction of sp³-hybridized carbons (Fsp3) is 0.867. The molecule has 5 nitrogen and oxygen atoms in total. The number of hydrogen-bond donors (Lipinski definition) is 2. The van der Waals surface area contributed by atoms with Gasteiger partial charge in [-0.3, -0.25) is 4.79 Å². The van der Waals surface area contributed by atoms with Crippen LogP contribution in [0.4, 0.5) is 4.79 Å². The van der Waals surface area contributed by atoms with Crippen molar-refractivity contribution < 1.29 is 14.3 Å². The third-order valence-electron chi connectivity index (χ3n) is 3.35. The van der Waals surface area contributed by atoms with E-state index in [1.165, 1.54) is 0 Å². The lowest BCUT2D eigenvalue weighted by Gasteiger charge is -2.20. The highest BCUT2D eigenvalue weighted by atomic mass is 16.6. The highest BCUT2D eigenvalue weighted by Gasteiger charge is 2.30. The van der Waals surface area contributed by atoms with Crippen LogP contribution in [0.25, 0.3) is 0 Å². The van der Waals surface area contributed by atoms with Gasteiger partial charge in [0.15, 0.2) is 0 Å². The smallest absolute Gasteiger partial charge is 0.407 e. The average molecular weight is 284 g/mol. The van der Waals surface area contributed by atoms with Gasteiger partial charge in [0.25, 0.3) is 0 Å². The van der Waals surface area contributed by atoms with Gasteiger partial charge in [-0.15, -0.1) is 0 Å². The molecule has 2 atom stereocenters. The highest BCUT2D eigenvalue weighted by Crippen LogP contribution is 2.22. The molecule has 1 saturated heterocycles. The van der Waals surface area contributed by atoms with E-state index in [1.807, 2.05) is 20.8 Å². The molecular formula is C15H28N2O3. The number of alkyl carbamates (subject to hydrolysis) is 1. The third kappa shape index (κ3) is 6.26. The van der Waals surface area contributed by atoms with Gasteiger partial charge in [-0.1, -0.05) is 19.8 Å². The summed E-state index contributed by atoms with van der Waals surface area (Å²) in [4.78, 5) is 23.2. The SMILES string of the molecule is CCCCC1CC(CCNC(=O)OC(C)(C)C)NC1=O. The van der Waals surface area contributed by atoms with Gasteiger partial charge in [-0.25, -0.2) is 4.79 Å². The first-order valence-electron chi connectivity index (χ1n) is 7.59. The van der Waals surface area contributed by atoms with Gasteiger partial charge in [-0.05, 0) is 40.0 Å². The van der Waals surface area contributed by atoms with Gasteiger partial charge >= 0.3 is 6.09 Å². The van der Waals surface area contributed by atoms with Crippen LogP contribution < -0.4 is 10.6 Å². The van der Waals surface area contributed by atoms with E-state index in [1.54, 1.807) is 0 Å². The molecule has 1 rings (SSSR count). The van der Waals surface area contributed by atoms with Crippen LogP contribution in [0.3, 0.4) is 0 Å². The molecule has 0 bridgehead atoms. The molecule has 1 fully saturated rings. The van der Waals surface area contributed by atoms with E-state index in [-0.39, 0.29) is 17.9 Å². The Morgan fingerprint density at radius 1 is 1.40 bits per heavy atom. The topological polar surface area (TPSA) is 67.4 Å². The van der Waals surface area contributed by atoms with Crippen molar-refractivity contribution in [3.8, 4) is 0 Å². The summed E-state index contributed by atoms with van der Waals surface area (Å²) in [7, 11) is 0. The third-order valence-corrected chi connectivity index (χ3v) is 3.35. The molecule has 1 aliphatic rings. The molecule has 116 valence electrons. The van der Waals surface area contributed by atoms with Gasteiger partial charge in [0.05, 0.1) is 0 Å². The zero-order valence-electron chi connectivity index (χ0n) is 13.1. The van der Waals surface area contributed by atoms with Gasteiger partial charge in [0.1, 0.15) is 5.60 Å². The standard InChI is InChI=1S/C15H28N2O3/c1-5-6-7-11-10-12(17-13(11)18)8-9-16-14(19)20-15(2,3)4/h11-12H,5-10H2,1-4H3,(H,16,19)(H,17,18). The minimum Gasteiger partial charge on any atom is -0.444 e. The summed E-state index contributed by atoms with van der Waals surface area (Å²) < 4.78 is 5.16. The highest BCUT2D eigenvalue weighted by molar-refractivity contribution is 5.81. The van der Waals surface area contributed by atoms with Crippen LogP contribution in [-0.4, -0.2) is 30.2 Å². The number of carbonyl (C=O) groups is 2. The van der Waals surface area contributed by atoms with Gasteiger partial charge < -0.3 is 15.4 Å². The molecule has 0 aromatic heterocycles. The predicted octanol–water partition coefficient (Wildman–Crippen LogP) is 2.60. The molecule has 2 amide bonds. The Balaban J connectivity index is 2.20. The molecular weight excluding hydrogens is 256 g/mol. The van der Waals surface area contributed by atoms with Gasteiger partial charge in [-0.2, -0.15) is 0 Å². The second-order valence-electron chi connectivity index (χ2n) is 6.50. The van der Waals surface area contributed by atoms with E-state index in [2.05, 4.69) is 17.6 Å². The lowest BCUT2D eigenvalue weighted by molar-refractivity contribution is -0.122. The number of nitrogens with one attached hydrogen (secondary N) is 2. The van der Waals surface area contributed by atoms with Crippen molar-refractivity contribution in [2.75, 3.05) is 6.54 Å². The minimum atomic E-state index is -0.475. The number of unbranched alkanes of at least 4 members (excludes halogenated alkanes) is 1. The first-order valence-corrected chi connectivity index (χ1v) is 7.59. The molecule has 0 aromatic rings. The summed E-state index contributed by atoms with van der Waals surface area (Å²) in [6, 6.07) is 0.180. The zero-order chi connectivity index (χ0) is 15.2. The van der Waals surface area contributed by atoms with Gasteiger partial charge in [0.2, 0.25) is 5.91 Å². The van der Waals surface area contributed by atoms with E-state index < -0.39 is 11.7 Å². The molecule has 5 heteroatoms. The molecule has 0 aromatic carbocycles. The maximum atomic E-state index is 11.8. The van der Waals surface area contributed by atoms with Crippen molar-refractivity contribution in [3.05, 3.63) is 0 Å². The maximum Gasteiger partial charge on any atom is 0.407 e. The Morgan fingerprint density at radius 2 is 2.10 bits per heavy atom. The van der Waals surface area contributed by atoms with E-state index in [0.29, 0.717) is 6.54 Å². The van der Waals surface area contributed by atoms with Crippen molar-refractivity contribution in [1.82, 2.24) is 10.6 Å². The fourth-order valence-electron chi connectivity index (χ4n) is 2.38. The Morgan fingerprint density at radius 3 is 2.70 bits per heavy atom. The van der Waals surface area contributed by atoms with Crippen LogP contribution in [0.1, 0.15) is 59.8 Å². The monoisotopic (exact) mass is 284 g/mol. The van der Waals surface area contributed by atoms with E-state index in [9.17, 15) is 9.59 Å². The Bertz CT molecular complexity index is 337. The maximum absolute atomic E-state index is 11.8. The van der Waals surface area contributed by atoms with E-state index in [0.717, 1.165) is 32.1 Å². The van der Waals surface area contributed by atoms with E-state index >= 15 is 0 Å². The lowest BCUT2D eigenvalue weighted by atomic mass is 9.97. The van der Waals surface area contributed by atoms with Crippen LogP contribution in [0.5, 0.6) is 0 Å². The molecule has 20 heavy (non-hydrogen) atoms. The summed E-state index contributed by atoms with van der Waals surface area (Å²) in [6.45, 7) is 8.17. The van der Waals surface area contributed by atoms with Crippen molar-refractivity contribution >= 4 is 12.0 Å². The number of carbonyl (C=O) groups excluding carboxylic acids is 2. The van der Waals surface area contributed by atoms with Crippen molar-refractivity contribution in [2.24, 2.45) is 5.92 Å². The number of ether oxygens (including phenoxy) is 1. The van der Waals surface area contributed by atoms with Crippen LogP contribution in [-0.2, 0) is 9.53 Å². The minimum absolute atomic E-state index is 0.154. The second-order valence-corrected chi connectivity index (χ2v) is 6.50. The quantitative estimate of drug-likeness (QED) is 0.788. The molecule has 0 spiro atoms. The molecule has 0 radical (unpaired) electrons. The largest absolute Gasteiger partial charge is 0.444 e. The summed E-state index contributed by atoms with van der Waals surface area (Å²) in [5, 5.41) is 5.73. The van der Waals surface area contributed by atoms with E-state index in [4.69, 9.17) is 4.74 Å². The van der Waals surface area contributed by atoms with Gasteiger partial charge in [0, 0.05) is 18.5 Å². The zero-order valence-corrected chi connectivity index (χ0v) is 13.1. The summed E-state index contributed by atoms with van der Waals surface area (Å²) >= 11 is 0. The van der Waals surface area contributed by atoms with Crippen LogP contribution in [0.2, 0.25) is 0 Å². The van der Waals surface area contributed by atoms with Crippen LogP contribution in [0, 0.1) is 5.92 Å². The molecule has 2 N–H and O–H groups in total. The van der Waals surface area contributed by atoms with Crippen LogP contribution in [0.15, 0.2) is 0 Å². The predicted molar refractivity (Wildman–Crippen MR) is 78.4 cm³/mol. The number of hydrogen-bond acceptors (Lipinski definition) is 3.